The number of nitrogens with one attached hydrogen (secondary N) is 2. The molecular formula is C26H26N6O. The highest BCUT2D eigenvalue weighted by Crippen LogP contribution is 2.39. The van der Waals surface area contributed by atoms with Crippen LogP contribution in [-0.2, 0) is 0 Å². The lowest BCUT2D eigenvalue weighted by Gasteiger charge is -2.16. The van der Waals surface area contributed by atoms with Gasteiger partial charge in [0.2, 0.25) is 0 Å². The zero-order chi connectivity index (χ0) is 22.8. The summed E-state index contributed by atoms with van der Waals surface area (Å²) in [7, 11) is 1.64. The highest BCUT2D eigenvalue weighted by molar-refractivity contribution is 6.06. The van der Waals surface area contributed by atoms with Gasteiger partial charge in [0, 0.05) is 60.5 Å². The molecular weight excluding hydrogens is 412 g/mol. The number of para-hydroxylation sites is 1. The van der Waals surface area contributed by atoms with Crippen LogP contribution in [0.3, 0.4) is 0 Å². The topological polar surface area (TPSA) is 92.7 Å². The van der Waals surface area contributed by atoms with Gasteiger partial charge in [-0.15, -0.1) is 0 Å². The van der Waals surface area contributed by atoms with Crippen molar-refractivity contribution in [1.82, 2.24) is 25.3 Å². The Hall–Kier alpha value is -3.87. The third-order valence-electron chi connectivity index (χ3n) is 6.13. The van der Waals surface area contributed by atoms with Gasteiger partial charge in [-0.05, 0) is 36.6 Å². The summed E-state index contributed by atoms with van der Waals surface area (Å²) >= 11 is 0. The normalized spacial score (nSPS) is 14.1. The smallest absolute Gasteiger partial charge is 0.251 e. The van der Waals surface area contributed by atoms with Crippen LogP contribution >= 0.6 is 0 Å². The predicted octanol–water partition coefficient (Wildman–Crippen LogP) is 4.54. The molecule has 1 aliphatic carbocycles. The predicted molar refractivity (Wildman–Crippen MR) is 129 cm³/mol. The maximum absolute atomic E-state index is 12.3. The third-order valence-corrected chi connectivity index (χ3v) is 6.13. The molecule has 3 aromatic heterocycles. The Bertz CT molecular complexity index is 1320. The first kappa shape index (κ1) is 21.0. The van der Waals surface area contributed by atoms with Crippen LogP contribution in [0.2, 0.25) is 0 Å². The Morgan fingerprint density at radius 2 is 1.91 bits per heavy atom. The second kappa shape index (κ2) is 8.94. The Morgan fingerprint density at radius 3 is 2.73 bits per heavy atom. The van der Waals surface area contributed by atoms with Gasteiger partial charge in [0.1, 0.15) is 12.1 Å². The van der Waals surface area contributed by atoms with E-state index < -0.39 is 0 Å². The summed E-state index contributed by atoms with van der Waals surface area (Å²) in [6.07, 6.45) is 7.59. The van der Waals surface area contributed by atoms with Crippen molar-refractivity contribution in [3.8, 4) is 11.3 Å². The minimum atomic E-state index is -0.111. The van der Waals surface area contributed by atoms with Crippen LogP contribution in [0.1, 0.15) is 53.2 Å². The van der Waals surface area contributed by atoms with E-state index in [4.69, 9.17) is 0 Å². The van der Waals surface area contributed by atoms with Crippen molar-refractivity contribution in [2.24, 2.45) is 0 Å². The van der Waals surface area contributed by atoms with Gasteiger partial charge in [0.15, 0.2) is 0 Å². The quantitative estimate of drug-likeness (QED) is 0.440. The van der Waals surface area contributed by atoms with E-state index in [-0.39, 0.29) is 11.8 Å². The number of carbonyl (C=O) groups excluding carboxylic acids is 1. The van der Waals surface area contributed by atoms with Crippen LogP contribution in [-0.4, -0.2) is 39.4 Å². The molecule has 4 aromatic rings. The van der Waals surface area contributed by atoms with Crippen LogP contribution in [0.15, 0.2) is 61.2 Å². The van der Waals surface area contributed by atoms with E-state index in [2.05, 4.69) is 49.6 Å². The molecule has 0 unspecified atom stereocenters. The molecule has 5 rings (SSSR count). The van der Waals surface area contributed by atoms with Gasteiger partial charge < -0.3 is 10.6 Å². The molecule has 0 aliphatic heterocycles. The molecule has 0 radical (unpaired) electrons. The van der Waals surface area contributed by atoms with Crippen molar-refractivity contribution >= 4 is 22.6 Å². The SMILES string of the molecule is CNC(=O)c1ccnc2c([C@H](C)CNc3cc(-c4ccnc(C5CC5)c4)ncn3)cccc12. The van der Waals surface area contributed by atoms with Crippen molar-refractivity contribution in [1.29, 1.82) is 0 Å². The fourth-order valence-corrected chi connectivity index (χ4v) is 4.12. The molecule has 0 saturated heterocycles. The Balaban J connectivity index is 1.35. The van der Waals surface area contributed by atoms with Gasteiger partial charge in [-0.1, -0.05) is 25.1 Å². The number of nitrogens with zero attached hydrogens (tertiary/aromatic N) is 4. The Kier molecular flexibility index (Phi) is 5.69. The molecule has 1 atom stereocenters. The molecule has 166 valence electrons. The van der Waals surface area contributed by atoms with Crippen molar-refractivity contribution in [3.63, 3.8) is 0 Å². The first-order valence-electron chi connectivity index (χ1n) is 11.3. The highest BCUT2D eigenvalue weighted by atomic mass is 16.1. The molecule has 1 saturated carbocycles. The van der Waals surface area contributed by atoms with Crippen molar-refractivity contribution in [3.05, 3.63) is 78.0 Å². The monoisotopic (exact) mass is 438 g/mol. The second-order valence-corrected chi connectivity index (χ2v) is 8.50. The Morgan fingerprint density at radius 1 is 1.06 bits per heavy atom. The number of rotatable bonds is 7. The lowest BCUT2D eigenvalue weighted by atomic mass is 9.96. The Labute approximate surface area is 192 Å². The van der Waals surface area contributed by atoms with E-state index in [0.29, 0.717) is 18.0 Å². The molecule has 2 N–H and O–H groups in total. The molecule has 1 aromatic carbocycles. The van der Waals surface area contributed by atoms with Crippen molar-refractivity contribution in [2.75, 3.05) is 18.9 Å². The first-order chi connectivity index (χ1) is 16.1. The second-order valence-electron chi connectivity index (χ2n) is 8.50. The number of amides is 1. The summed E-state index contributed by atoms with van der Waals surface area (Å²) in [5.41, 5.74) is 5.66. The van der Waals surface area contributed by atoms with Gasteiger partial charge in [-0.25, -0.2) is 9.97 Å². The van der Waals surface area contributed by atoms with Crippen molar-refractivity contribution < 1.29 is 4.79 Å². The van der Waals surface area contributed by atoms with E-state index in [9.17, 15) is 4.79 Å². The van der Waals surface area contributed by atoms with Crippen LogP contribution in [0, 0.1) is 0 Å². The number of anilines is 1. The zero-order valence-corrected chi connectivity index (χ0v) is 18.7. The van der Waals surface area contributed by atoms with Crippen LogP contribution in [0.25, 0.3) is 22.2 Å². The highest BCUT2D eigenvalue weighted by Gasteiger charge is 2.25. The van der Waals surface area contributed by atoms with E-state index >= 15 is 0 Å². The number of hydrogen-bond acceptors (Lipinski definition) is 6. The largest absolute Gasteiger partial charge is 0.369 e. The maximum Gasteiger partial charge on any atom is 0.251 e. The summed E-state index contributed by atoms with van der Waals surface area (Å²) in [6.45, 7) is 2.81. The number of aromatic nitrogens is 4. The lowest BCUT2D eigenvalue weighted by Crippen LogP contribution is -2.18. The summed E-state index contributed by atoms with van der Waals surface area (Å²) in [5, 5.41) is 7.00. The molecule has 3 heterocycles. The minimum Gasteiger partial charge on any atom is -0.369 e. The fourth-order valence-electron chi connectivity index (χ4n) is 4.12. The first-order valence-corrected chi connectivity index (χ1v) is 11.3. The van der Waals surface area contributed by atoms with E-state index in [1.54, 1.807) is 25.6 Å². The number of pyridine rings is 2. The van der Waals surface area contributed by atoms with Gasteiger partial charge in [-0.3, -0.25) is 14.8 Å². The number of benzene rings is 1. The molecule has 1 amide bonds. The molecule has 0 spiro atoms. The number of carbonyl (C=O) groups is 1. The maximum atomic E-state index is 12.3. The van der Waals surface area contributed by atoms with E-state index in [1.807, 2.05) is 30.5 Å². The van der Waals surface area contributed by atoms with Crippen LogP contribution < -0.4 is 10.6 Å². The molecule has 0 bridgehead atoms. The molecule has 33 heavy (non-hydrogen) atoms. The summed E-state index contributed by atoms with van der Waals surface area (Å²) in [6, 6.07) is 13.8. The van der Waals surface area contributed by atoms with E-state index in [0.717, 1.165) is 39.2 Å². The zero-order valence-electron chi connectivity index (χ0n) is 18.7. The van der Waals surface area contributed by atoms with Gasteiger partial charge in [0.25, 0.3) is 5.91 Å². The van der Waals surface area contributed by atoms with Gasteiger partial charge >= 0.3 is 0 Å². The molecule has 1 fully saturated rings. The summed E-state index contributed by atoms with van der Waals surface area (Å²) in [5.74, 6) is 1.42. The summed E-state index contributed by atoms with van der Waals surface area (Å²) < 4.78 is 0. The number of fused-ring (bicyclic) bond motifs is 1. The molecule has 7 nitrogen and oxygen atoms in total. The van der Waals surface area contributed by atoms with Crippen LogP contribution in [0.4, 0.5) is 5.82 Å². The number of hydrogen-bond donors (Lipinski definition) is 2. The molecule has 7 heteroatoms. The van der Waals surface area contributed by atoms with Crippen molar-refractivity contribution in [2.45, 2.75) is 31.6 Å². The fraction of sp³-hybridized carbons (Fsp3) is 0.269. The molecule has 1 aliphatic rings. The standard InChI is InChI=1S/C26H26N6O/c1-16(19-4-3-5-20-21(26(33)27-2)9-11-29-25(19)20)14-30-24-13-23(31-15-32-24)18-8-10-28-22(12-18)17-6-7-17/h3-5,8-13,15-17H,6-7,14H2,1-2H3,(H,27,33)(H,30,31,32)/t16-/m1/s1. The van der Waals surface area contributed by atoms with Gasteiger partial charge in [0.05, 0.1) is 16.8 Å². The lowest BCUT2D eigenvalue weighted by molar-refractivity contribution is 0.0964. The average molecular weight is 439 g/mol. The summed E-state index contributed by atoms with van der Waals surface area (Å²) in [4.78, 5) is 30.2. The van der Waals surface area contributed by atoms with Gasteiger partial charge in [-0.2, -0.15) is 0 Å². The van der Waals surface area contributed by atoms with Crippen LogP contribution in [0.5, 0.6) is 0 Å². The van der Waals surface area contributed by atoms with E-state index in [1.165, 1.54) is 12.8 Å². The minimum absolute atomic E-state index is 0.111. The third kappa shape index (κ3) is 4.39. The average Bonchev–Trinajstić information content (AvgIpc) is 3.72.